The van der Waals surface area contributed by atoms with Crippen molar-refractivity contribution in [1.82, 2.24) is 4.47 Å². The monoisotopic (exact) mass is 121 g/mol. The van der Waals surface area contributed by atoms with Gasteiger partial charge in [-0.05, 0) is 6.42 Å². The molecule has 3 nitrogen and oxygen atoms in total. The Morgan fingerprint density at radius 3 is 2.57 bits per heavy atom. The molecule has 1 aliphatic rings. The van der Waals surface area contributed by atoms with Crippen LogP contribution in [-0.2, 0) is 11.0 Å². The van der Waals surface area contributed by atoms with Crippen LogP contribution in [0.15, 0.2) is 0 Å². The van der Waals surface area contributed by atoms with E-state index >= 15 is 0 Å². The van der Waals surface area contributed by atoms with Gasteiger partial charge in [-0.25, -0.2) is 4.21 Å². The fourth-order valence-electron chi connectivity index (χ4n) is 0.530. The van der Waals surface area contributed by atoms with E-state index in [-0.39, 0.29) is 0 Å². The lowest BCUT2D eigenvalue weighted by atomic mass is 10.5. The van der Waals surface area contributed by atoms with Crippen LogP contribution in [-0.4, -0.2) is 26.2 Å². The van der Waals surface area contributed by atoms with Crippen molar-refractivity contribution in [3.8, 4) is 0 Å². The van der Waals surface area contributed by atoms with Crippen molar-refractivity contribution in [2.75, 3.05) is 12.3 Å². The summed E-state index contributed by atoms with van der Waals surface area (Å²) in [6.07, 6.45) is 0.850. The molecule has 7 heavy (non-hydrogen) atoms. The zero-order valence-electron chi connectivity index (χ0n) is 3.83. The summed E-state index contributed by atoms with van der Waals surface area (Å²) in [5, 5.41) is 8.53. The first-order chi connectivity index (χ1) is 3.30. The van der Waals surface area contributed by atoms with Crippen LogP contribution in [0.25, 0.3) is 0 Å². The van der Waals surface area contributed by atoms with Crippen LogP contribution in [0, 0.1) is 0 Å². The quantitative estimate of drug-likeness (QED) is 0.480. The van der Waals surface area contributed by atoms with Gasteiger partial charge in [0.2, 0.25) is 0 Å². The Hall–Kier alpha value is 0.0700. The van der Waals surface area contributed by atoms with Gasteiger partial charge in [-0.2, -0.15) is 0 Å². The number of hydroxylamine groups is 1. The molecule has 0 aliphatic carbocycles. The Morgan fingerprint density at radius 2 is 2.43 bits per heavy atom. The molecule has 0 saturated carbocycles. The van der Waals surface area contributed by atoms with E-state index in [1.807, 2.05) is 0 Å². The third kappa shape index (κ3) is 0.992. The zero-order chi connectivity index (χ0) is 5.28. The van der Waals surface area contributed by atoms with Gasteiger partial charge in [0.1, 0.15) is 11.0 Å². The van der Waals surface area contributed by atoms with Crippen LogP contribution >= 0.6 is 0 Å². The van der Waals surface area contributed by atoms with Crippen molar-refractivity contribution in [1.29, 1.82) is 0 Å². The first-order valence-corrected chi connectivity index (χ1v) is 3.43. The van der Waals surface area contributed by atoms with Gasteiger partial charge in [0.05, 0.1) is 0 Å². The lowest BCUT2D eigenvalue weighted by Gasteiger charge is -1.98. The van der Waals surface area contributed by atoms with Gasteiger partial charge < -0.3 is 5.21 Å². The van der Waals surface area contributed by atoms with Gasteiger partial charge in [0.15, 0.2) is 0 Å². The summed E-state index contributed by atoms with van der Waals surface area (Å²) in [6.45, 7) is 0.562. The molecule has 1 fully saturated rings. The van der Waals surface area contributed by atoms with Gasteiger partial charge in [-0.3, -0.25) is 0 Å². The Labute approximate surface area is 44.5 Å². The smallest absolute Gasteiger partial charge is 0.118 e. The molecule has 0 radical (unpaired) electrons. The maximum Gasteiger partial charge on any atom is 0.118 e. The summed E-state index contributed by atoms with van der Waals surface area (Å²) in [6, 6.07) is 0. The van der Waals surface area contributed by atoms with Gasteiger partial charge in [-0.15, -0.1) is 4.47 Å². The highest BCUT2D eigenvalue weighted by Crippen LogP contribution is 2.03. The van der Waals surface area contributed by atoms with E-state index in [9.17, 15) is 4.21 Å². The maximum atomic E-state index is 10.4. The second-order valence-electron chi connectivity index (χ2n) is 1.45. The Morgan fingerprint density at radius 1 is 1.71 bits per heavy atom. The first kappa shape index (κ1) is 5.21. The predicted molar refractivity (Wildman–Crippen MR) is 26.1 cm³/mol. The van der Waals surface area contributed by atoms with Gasteiger partial charge in [0.25, 0.3) is 0 Å². The Balaban J connectivity index is 2.48. The third-order valence-electron chi connectivity index (χ3n) is 0.903. The third-order valence-corrected chi connectivity index (χ3v) is 2.19. The average molecular weight is 121 g/mol. The molecule has 0 amide bonds. The van der Waals surface area contributed by atoms with E-state index in [0.29, 0.717) is 12.3 Å². The molecule has 0 aromatic rings. The SMILES string of the molecule is O=S1CCCN1O. The summed E-state index contributed by atoms with van der Waals surface area (Å²) in [4.78, 5) is 0. The zero-order valence-corrected chi connectivity index (χ0v) is 4.65. The van der Waals surface area contributed by atoms with Crippen LogP contribution in [0.1, 0.15) is 6.42 Å². The second-order valence-corrected chi connectivity index (χ2v) is 2.93. The van der Waals surface area contributed by atoms with Crippen LogP contribution in [0.2, 0.25) is 0 Å². The minimum Gasteiger partial charge on any atom is -0.301 e. The summed E-state index contributed by atoms with van der Waals surface area (Å²) >= 11 is 0. The van der Waals surface area contributed by atoms with E-state index in [0.717, 1.165) is 10.9 Å². The first-order valence-electron chi connectivity index (χ1n) is 2.15. The predicted octanol–water partition coefficient (Wildman–Crippen LogP) is -0.255. The highest BCUT2D eigenvalue weighted by atomic mass is 32.2. The van der Waals surface area contributed by atoms with Crippen molar-refractivity contribution >= 4 is 11.0 Å². The molecule has 1 atom stereocenters. The van der Waals surface area contributed by atoms with E-state index in [1.165, 1.54) is 0 Å². The molecule has 1 heterocycles. The summed E-state index contributed by atoms with van der Waals surface area (Å²) in [5.74, 6) is 0.622. The number of hydrogen-bond donors (Lipinski definition) is 1. The molecule has 1 rings (SSSR count). The minimum atomic E-state index is -1.08. The number of hydrogen-bond acceptors (Lipinski definition) is 2. The molecule has 0 bridgehead atoms. The number of nitrogens with zero attached hydrogens (tertiary/aromatic N) is 1. The van der Waals surface area contributed by atoms with E-state index < -0.39 is 11.0 Å². The molecule has 0 aromatic heterocycles. The molecule has 0 spiro atoms. The summed E-state index contributed by atoms with van der Waals surface area (Å²) < 4.78 is 11.2. The Bertz CT molecular complexity index is 94.9. The van der Waals surface area contributed by atoms with Gasteiger partial charge in [0, 0.05) is 12.3 Å². The van der Waals surface area contributed by atoms with Crippen LogP contribution in [0.4, 0.5) is 0 Å². The average Bonchev–Trinajstić information content (AvgIpc) is 1.91. The molecule has 1 unspecified atom stereocenters. The highest BCUT2D eigenvalue weighted by Gasteiger charge is 2.16. The number of rotatable bonds is 0. The molecule has 4 heteroatoms. The normalized spacial score (nSPS) is 34.1. The van der Waals surface area contributed by atoms with Crippen LogP contribution in [0.5, 0.6) is 0 Å². The Kier molecular flexibility index (Phi) is 1.41. The van der Waals surface area contributed by atoms with Crippen LogP contribution < -0.4 is 0 Å². The van der Waals surface area contributed by atoms with E-state index in [4.69, 9.17) is 5.21 Å². The van der Waals surface area contributed by atoms with Crippen molar-refractivity contribution in [3.63, 3.8) is 0 Å². The molecule has 42 valence electrons. The van der Waals surface area contributed by atoms with Gasteiger partial charge in [-0.1, -0.05) is 0 Å². The van der Waals surface area contributed by atoms with Crippen molar-refractivity contribution in [2.45, 2.75) is 6.42 Å². The molecular weight excluding hydrogens is 114 g/mol. The minimum absolute atomic E-state index is 0.562. The molecule has 1 aliphatic heterocycles. The van der Waals surface area contributed by atoms with E-state index in [2.05, 4.69) is 0 Å². The summed E-state index contributed by atoms with van der Waals surface area (Å²) in [5.41, 5.74) is 0. The van der Waals surface area contributed by atoms with Crippen molar-refractivity contribution in [3.05, 3.63) is 0 Å². The maximum absolute atomic E-state index is 10.4. The second kappa shape index (κ2) is 1.90. The molecular formula is C3H7NO2S. The molecule has 0 aromatic carbocycles. The van der Waals surface area contributed by atoms with Crippen molar-refractivity contribution in [2.24, 2.45) is 0 Å². The largest absolute Gasteiger partial charge is 0.301 e. The fraction of sp³-hybridized carbons (Fsp3) is 1.00. The lowest BCUT2D eigenvalue weighted by molar-refractivity contribution is 0.0190. The topological polar surface area (TPSA) is 40.5 Å². The van der Waals surface area contributed by atoms with Crippen molar-refractivity contribution < 1.29 is 9.42 Å². The standard InChI is InChI=1S/C3H7NO2S/c5-4-2-1-3-7(4)6/h5H,1-3H2. The lowest BCUT2D eigenvalue weighted by Crippen LogP contribution is -2.14. The van der Waals surface area contributed by atoms with Gasteiger partial charge >= 0.3 is 0 Å². The molecule has 1 saturated heterocycles. The fourth-order valence-corrected chi connectivity index (χ4v) is 1.45. The van der Waals surface area contributed by atoms with Crippen LogP contribution in [0.3, 0.4) is 0 Å². The van der Waals surface area contributed by atoms with E-state index in [1.54, 1.807) is 0 Å². The highest BCUT2D eigenvalue weighted by molar-refractivity contribution is 7.82. The molecule has 1 N–H and O–H groups in total. The summed E-state index contributed by atoms with van der Waals surface area (Å²) in [7, 11) is -1.08.